The van der Waals surface area contributed by atoms with Crippen LogP contribution in [-0.4, -0.2) is 34.0 Å². The van der Waals surface area contributed by atoms with E-state index in [4.69, 9.17) is 5.11 Å². The highest BCUT2D eigenvalue weighted by molar-refractivity contribution is 5.85. The Morgan fingerprint density at radius 3 is 2.86 bits per heavy atom. The Morgan fingerprint density at radius 1 is 1.50 bits per heavy atom. The SMILES string of the molecule is O=C(O)c1cccc(CN2CCC2)n1. The van der Waals surface area contributed by atoms with Gasteiger partial charge in [-0.05, 0) is 31.6 Å². The first-order valence-corrected chi connectivity index (χ1v) is 4.67. The maximum absolute atomic E-state index is 10.6. The zero-order valence-corrected chi connectivity index (χ0v) is 7.81. The summed E-state index contributed by atoms with van der Waals surface area (Å²) < 4.78 is 0. The molecule has 2 rings (SSSR count). The van der Waals surface area contributed by atoms with Crippen molar-refractivity contribution in [2.75, 3.05) is 13.1 Å². The summed E-state index contributed by atoms with van der Waals surface area (Å²) in [5.74, 6) is -0.963. The third kappa shape index (κ3) is 1.90. The first-order chi connectivity index (χ1) is 6.75. The number of likely N-dealkylation sites (tertiary alicyclic amines) is 1. The van der Waals surface area contributed by atoms with Crippen LogP contribution in [0.25, 0.3) is 0 Å². The van der Waals surface area contributed by atoms with E-state index in [9.17, 15) is 4.79 Å². The van der Waals surface area contributed by atoms with Crippen molar-refractivity contribution in [2.45, 2.75) is 13.0 Å². The van der Waals surface area contributed by atoms with Gasteiger partial charge in [0, 0.05) is 6.54 Å². The Bertz CT molecular complexity index is 348. The Morgan fingerprint density at radius 2 is 2.29 bits per heavy atom. The molecule has 14 heavy (non-hydrogen) atoms. The maximum atomic E-state index is 10.6. The summed E-state index contributed by atoms with van der Waals surface area (Å²) in [4.78, 5) is 16.9. The highest BCUT2D eigenvalue weighted by Gasteiger charge is 2.15. The van der Waals surface area contributed by atoms with Crippen molar-refractivity contribution in [3.05, 3.63) is 29.6 Å². The molecule has 4 heteroatoms. The summed E-state index contributed by atoms with van der Waals surface area (Å²) in [5.41, 5.74) is 0.965. The Hall–Kier alpha value is -1.42. The van der Waals surface area contributed by atoms with Crippen molar-refractivity contribution >= 4 is 5.97 Å². The van der Waals surface area contributed by atoms with E-state index in [2.05, 4.69) is 9.88 Å². The van der Waals surface area contributed by atoms with Crippen LogP contribution in [0.2, 0.25) is 0 Å². The second-order valence-corrected chi connectivity index (χ2v) is 3.45. The lowest BCUT2D eigenvalue weighted by atomic mass is 10.2. The van der Waals surface area contributed by atoms with Crippen LogP contribution in [0.3, 0.4) is 0 Å². The van der Waals surface area contributed by atoms with Crippen molar-refractivity contribution in [1.29, 1.82) is 0 Å². The molecule has 1 aromatic rings. The van der Waals surface area contributed by atoms with Gasteiger partial charge >= 0.3 is 5.97 Å². The van der Waals surface area contributed by atoms with Crippen molar-refractivity contribution in [1.82, 2.24) is 9.88 Å². The molecule has 1 aliphatic rings. The van der Waals surface area contributed by atoms with Gasteiger partial charge in [0.2, 0.25) is 0 Å². The van der Waals surface area contributed by atoms with Crippen molar-refractivity contribution in [3.8, 4) is 0 Å². The molecule has 0 aromatic carbocycles. The lowest BCUT2D eigenvalue weighted by molar-refractivity contribution is 0.0689. The van der Waals surface area contributed by atoms with Crippen LogP contribution in [0.15, 0.2) is 18.2 Å². The molecule has 74 valence electrons. The Kier molecular flexibility index (Phi) is 2.45. The zero-order valence-electron chi connectivity index (χ0n) is 7.81. The summed E-state index contributed by atoms with van der Waals surface area (Å²) in [7, 11) is 0. The van der Waals surface area contributed by atoms with Crippen LogP contribution in [-0.2, 0) is 6.54 Å². The van der Waals surface area contributed by atoms with Crippen molar-refractivity contribution in [2.24, 2.45) is 0 Å². The Labute approximate surface area is 82.2 Å². The fourth-order valence-electron chi connectivity index (χ4n) is 1.46. The van der Waals surface area contributed by atoms with E-state index in [1.165, 1.54) is 12.5 Å². The number of nitrogens with zero attached hydrogens (tertiary/aromatic N) is 2. The molecule has 4 nitrogen and oxygen atoms in total. The lowest BCUT2D eigenvalue weighted by Crippen LogP contribution is -2.36. The zero-order chi connectivity index (χ0) is 9.97. The number of rotatable bonds is 3. The van der Waals surface area contributed by atoms with Crippen LogP contribution in [0.4, 0.5) is 0 Å². The summed E-state index contributed by atoms with van der Waals surface area (Å²) in [6, 6.07) is 5.12. The van der Waals surface area contributed by atoms with E-state index >= 15 is 0 Å². The van der Waals surface area contributed by atoms with Crippen molar-refractivity contribution < 1.29 is 9.90 Å². The highest BCUT2D eigenvalue weighted by atomic mass is 16.4. The van der Waals surface area contributed by atoms with E-state index < -0.39 is 5.97 Å². The van der Waals surface area contributed by atoms with Gasteiger partial charge in [-0.1, -0.05) is 6.07 Å². The van der Waals surface area contributed by atoms with Crippen LogP contribution in [0.1, 0.15) is 22.6 Å². The van der Waals surface area contributed by atoms with Crippen LogP contribution in [0.5, 0.6) is 0 Å². The fraction of sp³-hybridized carbons (Fsp3) is 0.400. The molecular weight excluding hydrogens is 180 g/mol. The van der Waals surface area contributed by atoms with Crippen LogP contribution < -0.4 is 0 Å². The van der Waals surface area contributed by atoms with E-state index in [0.717, 1.165) is 25.3 Å². The number of hydrogen-bond donors (Lipinski definition) is 1. The Balaban J connectivity index is 2.09. The minimum atomic E-state index is -0.963. The van der Waals surface area contributed by atoms with Gasteiger partial charge in [0.25, 0.3) is 0 Å². The molecule has 0 spiro atoms. The van der Waals surface area contributed by atoms with Gasteiger partial charge in [-0.25, -0.2) is 9.78 Å². The average Bonchev–Trinajstić information content (AvgIpc) is 2.12. The second-order valence-electron chi connectivity index (χ2n) is 3.45. The number of carboxylic acid groups (broad SMARTS) is 1. The largest absolute Gasteiger partial charge is 0.477 e. The average molecular weight is 192 g/mol. The molecule has 0 atom stereocenters. The number of carbonyl (C=O) groups is 1. The predicted molar refractivity (Wildman–Crippen MR) is 51.1 cm³/mol. The van der Waals surface area contributed by atoms with E-state index in [-0.39, 0.29) is 5.69 Å². The monoisotopic (exact) mass is 192 g/mol. The standard InChI is InChI=1S/C10H12N2O2/c13-10(14)9-4-1-3-8(11-9)7-12-5-2-6-12/h1,3-4H,2,5-7H2,(H,13,14). The predicted octanol–water partition coefficient (Wildman–Crippen LogP) is 0.986. The molecule has 0 aliphatic carbocycles. The third-order valence-corrected chi connectivity index (χ3v) is 2.36. The number of carboxylic acids is 1. The third-order valence-electron chi connectivity index (χ3n) is 2.36. The molecule has 1 aliphatic heterocycles. The molecule has 1 saturated heterocycles. The molecule has 0 radical (unpaired) electrons. The summed E-state index contributed by atoms with van der Waals surface area (Å²) in [6.45, 7) is 2.96. The van der Waals surface area contributed by atoms with E-state index in [0.29, 0.717) is 0 Å². The summed E-state index contributed by atoms with van der Waals surface area (Å²) in [6.07, 6.45) is 1.23. The molecule has 0 amide bonds. The smallest absolute Gasteiger partial charge is 0.354 e. The molecule has 0 bridgehead atoms. The van der Waals surface area contributed by atoms with Gasteiger partial charge < -0.3 is 5.11 Å². The van der Waals surface area contributed by atoms with Gasteiger partial charge in [-0.2, -0.15) is 0 Å². The van der Waals surface area contributed by atoms with Crippen LogP contribution >= 0.6 is 0 Å². The molecule has 1 N–H and O–H groups in total. The fourth-order valence-corrected chi connectivity index (χ4v) is 1.46. The number of aromatic nitrogens is 1. The van der Waals surface area contributed by atoms with E-state index in [1.807, 2.05) is 6.07 Å². The van der Waals surface area contributed by atoms with Crippen LogP contribution in [0, 0.1) is 0 Å². The number of hydrogen-bond acceptors (Lipinski definition) is 3. The molecule has 1 aromatic heterocycles. The second kappa shape index (κ2) is 3.75. The highest BCUT2D eigenvalue weighted by Crippen LogP contribution is 2.10. The van der Waals surface area contributed by atoms with E-state index in [1.54, 1.807) is 6.07 Å². The summed E-state index contributed by atoms with van der Waals surface area (Å²) >= 11 is 0. The van der Waals surface area contributed by atoms with Gasteiger partial charge in [0.05, 0.1) is 5.69 Å². The van der Waals surface area contributed by atoms with Gasteiger partial charge in [-0.15, -0.1) is 0 Å². The number of pyridine rings is 1. The molecular formula is C10H12N2O2. The maximum Gasteiger partial charge on any atom is 0.354 e. The normalized spacial score (nSPS) is 16.3. The first kappa shape index (κ1) is 9.15. The first-order valence-electron chi connectivity index (χ1n) is 4.67. The summed E-state index contributed by atoms with van der Waals surface area (Å²) in [5, 5.41) is 8.74. The molecule has 2 heterocycles. The van der Waals surface area contributed by atoms with Gasteiger partial charge in [0.1, 0.15) is 5.69 Å². The van der Waals surface area contributed by atoms with Crippen molar-refractivity contribution in [3.63, 3.8) is 0 Å². The van der Waals surface area contributed by atoms with Gasteiger partial charge in [-0.3, -0.25) is 4.90 Å². The molecule has 0 saturated carbocycles. The minimum Gasteiger partial charge on any atom is -0.477 e. The molecule has 0 unspecified atom stereocenters. The minimum absolute atomic E-state index is 0.128. The quantitative estimate of drug-likeness (QED) is 0.775. The topological polar surface area (TPSA) is 53.4 Å². The van der Waals surface area contributed by atoms with Gasteiger partial charge in [0.15, 0.2) is 0 Å². The number of aromatic carboxylic acids is 1. The molecule has 1 fully saturated rings. The lowest BCUT2D eigenvalue weighted by Gasteiger charge is -2.30.